The second kappa shape index (κ2) is 3.35. The Morgan fingerprint density at radius 3 is 2.42 bits per heavy atom. The summed E-state index contributed by atoms with van der Waals surface area (Å²) in [5.74, 6) is -0.528. The van der Waals surface area contributed by atoms with Crippen LogP contribution in [0, 0.1) is 0 Å². The summed E-state index contributed by atoms with van der Waals surface area (Å²) in [6.45, 7) is 6.90. The molecule has 3 heteroatoms. The topological polar surface area (TPSA) is 17.1 Å². The van der Waals surface area contributed by atoms with E-state index in [1.807, 2.05) is 0 Å². The lowest BCUT2D eigenvalue weighted by molar-refractivity contribution is -0.114. The minimum atomic E-state index is -0.453. The largest absolute Gasteiger partial charge is 0.294 e. The number of hydrogen-bond donors (Lipinski definition) is 0. The first-order valence-corrected chi connectivity index (χ1v) is 4.29. The highest BCUT2D eigenvalue weighted by atomic mass is 79.9. The van der Waals surface area contributed by atoms with Crippen LogP contribution in [0.2, 0.25) is 0 Å². The average Bonchev–Trinajstić information content (AvgIpc) is 2.32. The van der Waals surface area contributed by atoms with Gasteiger partial charge in [0.05, 0.1) is 0 Å². The quantitative estimate of drug-likeness (QED) is 0.634. The van der Waals surface area contributed by atoms with Crippen LogP contribution in [0.15, 0.2) is 34.6 Å². The van der Waals surface area contributed by atoms with Crippen molar-refractivity contribution in [2.45, 2.75) is 12.8 Å². The van der Waals surface area contributed by atoms with Gasteiger partial charge in [-0.3, -0.25) is 4.79 Å². The fraction of sp³-hybridized carbons (Fsp3) is 0.222. The van der Waals surface area contributed by atoms with Crippen molar-refractivity contribution in [1.29, 1.82) is 0 Å². The molecule has 0 unspecified atom stereocenters. The van der Waals surface area contributed by atoms with E-state index in [0.717, 1.165) is 0 Å². The van der Waals surface area contributed by atoms with Crippen LogP contribution in [0.3, 0.4) is 0 Å². The third-order valence-corrected chi connectivity index (χ3v) is 2.15. The number of allylic oxidation sites excluding steroid dienone is 4. The third kappa shape index (κ3) is 1.55. The monoisotopic (exact) mass is 230 g/mol. The van der Waals surface area contributed by atoms with Crippen LogP contribution in [0.4, 0.5) is 4.39 Å². The van der Waals surface area contributed by atoms with E-state index in [1.165, 1.54) is 0 Å². The number of hydrogen-bond acceptors (Lipinski definition) is 1. The van der Waals surface area contributed by atoms with Crippen molar-refractivity contribution in [2.24, 2.45) is 0 Å². The molecule has 1 aliphatic rings. The molecule has 1 nitrogen and oxygen atoms in total. The molecule has 0 bridgehead atoms. The first-order chi connectivity index (χ1) is 5.54. The van der Waals surface area contributed by atoms with Gasteiger partial charge in [0, 0.05) is 16.5 Å². The minimum Gasteiger partial charge on any atom is -0.294 e. The lowest BCUT2D eigenvalue weighted by atomic mass is 10.1. The Labute approximate surface area is 78.8 Å². The van der Waals surface area contributed by atoms with Crippen LogP contribution >= 0.6 is 15.9 Å². The molecular formula is C9H8BrFO. The predicted octanol–water partition coefficient (Wildman–Crippen LogP) is 3.04. The zero-order chi connectivity index (χ0) is 9.30. The van der Waals surface area contributed by atoms with Gasteiger partial charge in [0.15, 0.2) is 5.78 Å². The fourth-order valence-corrected chi connectivity index (χ4v) is 1.35. The minimum absolute atomic E-state index is 0.0751. The molecule has 0 atom stereocenters. The summed E-state index contributed by atoms with van der Waals surface area (Å²) in [6, 6.07) is 0. The Hall–Kier alpha value is -0.700. The van der Waals surface area contributed by atoms with E-state index in [0.29, 0.717) is 18.4 Å². The van der Waals surface area contributed by atoms with Crippen molar-refractivity contribution >= 4 is 21.7 Å². The molecule has 0 heterocycles. The van der Waals surface area contributed by atoms with Crippen molar-refractivity contribution in [2.75, 3.05) is 0 Å². The van der Waals surface area contributed by atoms with E-state index >= 15 is 0 Å². The van der Waals surface area contributed by atoms with E-state index in [2.05, 4.69) is 29.1 Å². The molecule has 0 aliphatic heterocycles. The maximum atomic E-state index is 13.2. The predicted molar refractivity (Wildman–Crippen MR) is 49.6 cm³/mol. The molecule has 1 saturated carbocycles. The molecule has 0 aromatic carbocycles. The molecule has 0 saturated heterocycles. The van der Waals surface area contributed by atoms with E-state index in [4.69, 9.17) is 0 Å². The average molecular weight is 231 g/mol. The summed E-state index contributed by atoms with van der Waals surface area (Å²) in [5.41, 5.74) is 0.676. The second-order valence-corrected chi connectivity index (χ2v) is 3.56. The standard InChI is InChI=1S/C9H8BrFO/c1-5-7(3-4-8(5)12)9(11)6(2)10/h1-4H2/b9-7+. The van der Waals surface area contributed by atoms with Crippen molar-refractivity contribution in [3.05, 3.63) is 34.6 Å². The van der Waals surface area contributed by atoms with Crippen molar-refractivity contribution in [3.63, 3.8) is 0 Å². The lowest BCUT2D eigenvalue weighted by Crippen LogP contribution is -1.91. The van der Waals surface area contributed by atoms with E-state index in [9.17, 15) is 9.18 Å². The molecule has 0 aromatic rings. The molecule has 0 spiro atoms. The Kier molecular flexibility index (Phi) is 2.62. The Bertz CT molecular complexity index is 302. The smallest absolute Gasteiger partial charge is 0.162 e. The van der Waals surface area contributed by atoms with Gasteiger partial charge in [0.1, 0.15) is 5.83 Å². The van der Waals surface area contributed by atoms with E-state index in [-0.39, 0.29) is 15.8 Å². The van der Waals surface area contributed by atoms with Crippen LogP contribution < -0.4 is 0 Å². The summed E-state index contributed by atoms with van der Waals surface area (Å²) in [7, 11) is 0. The fourth-order valence-electron chi connectivity index (χ4n) is 1.11. The molecule has 1 aliphatic carbocycles. The van der Waals surface area contributed by atoms with Crippen LogP contribution in [0.5, 0.6) is 0 Å². The number of rotatable bonds is 1. The molecule has 0 N–H and O–H groups in total. The number of Topliss-reactive ketones (excluding diaryl/α,β-unsaturated/α-hetero) is 1. The Morgan fingerprint density at radius 2 is 2.08 bits per heavy atom. The second-order valence-electron chi connectivity index (χ2n) is 2.60. The normalized spacial score (nSPS) is 21.5. The molecule has 0 radical (unpaired) electrons. The summed E-state index contributed by atoms with van der Waals surface area (Å²) in [5, 5.41) is 0. The van der Waals surface area contributed by atoms with Gasteiger partial charge in [0.25, 0.3) is 0 Å². The maximum Gasteiger partial charge on any atom is 0.162 e. The first kappa shape index (κ1) is 9.39. The summed E-state index contributed by atoms with van der Waals surface area (Å²) >= 11 is 2.92. The van der Waals surface area contributed by atoms with E-state index < -0.39 is 5.83 Å². The van der Waals surface area contributed by atoms with Crippen LogP contribution in [0.1, 0.15) is 12.8 Å². The maximum absolute atomic E-state index is 13.2. The van der Waals surface area contributed by atoms with Gasteiger partial charge < -0.3 is 0 Å². The zero-order valence-electron chi connectivity index (χ0n) is 6.49. The molecule has 12 heavy (non-hydrogen) atoms. The molecule has 64 valence electrons. The Morgan fingerprint density at radius 1 is 1.50 bits per heavy atom. The highest BCUT2D eigenvalue weighted by Gasteiger charge is 2.24. The Balaban J connectivity index is 3.05. The third-order valence-electron chi connectivity index (χ3n) is 1.81. The SMILES string of the molecule is C=C(Br)/C(F)=C1/CCC(=O)C1=C. The summed E-state index contributed by atoms with van der Waals surface area (Å²) in [6.07, 6.45) is 0.802. The van der Waals surface area contributed by atoms with Gasteiger partial charge in [-0.15, -0.1) is 0 Å². The van der Waals surface area contributed by atoms with Crippen LogP contribution in [0.25, 0.3) is 0 Å². The first-order valence-electron chi connectivity index (χ1n) is 3.50. The number of halogens is 2. The van der Waals surface area contributed by atoms with Crippen molar-refractivity contribution in [3.8, 4) is 0 Å². The van der Waals surface area contributed by atoms with Gasteiger partial charge in [-0.05, 0) is 27.9 Å². The molecule has 1 fully saturated rings. The summed E-state index contributed by atoms with van der Waals surface area (Å²) < 4.78 is 13.3. The number of ketones is 1. The van der Waals surface area contributed by atoms with Crippen LogP contribution in [-0.2, 0) is 4.79 Å². The van der Waals surface area contributed by atoms with Gasteiger partial charge in [-0.25, -0.2) is 4.39 Å². The summed E-state index contributed by atoms with van der Waals surface area (Å²) in [4.78, 5) is 11.0. The van der Waals surface area contributed by atoms with Crippen LogP contribution in [-0.4, -0.2) is 5.78 Å². The van der Waals surface area contributed by atoms with Gasteiger partial charge >= 0.3 is 0 Å². The zero-order valence-corrected chi connectivity index (χ0v) is 8.08. The van der Waals surface area contributed by atoms with Gasteiger partial charge in [-0.2, -0.15) is 0 Å². The highest BCUT2D eigenvalue weighted by Crippen LogP contribution is 2.33. The van der Waals surface area contributed by atoms with E-state index in [1.54, 1.807) is 0 Å². The molecule has 1 rings (SSSR count). The van der Waals surface area contributed by atoms with Gasteiger partial charge in [0.2, 0.25) is 0 Å². The van der Waals surface area contributed by atoms with Gasteiger partial charge in [-0.1, -0.05) is 13.2 Å². The molecule has 0 aromatic heterocycles. The number of carbonyl (C=O) groups is 1. The van der Waals surface area contributed by atoms with Crippen molar-refractivity contribution in [1.82, 2.24) is 0 Å². The van der Waals surface area contributed by atoms with Crippen molar-refractivity contribution < 1.29 is 9.18 Å². The molecular weight excluding hydrogens is 223 g/mol. The highest BCUT2D eigenvalue weighted by molar-refractivity contribution is 9.11. The lowest BCUT2D eigenvalue weighted by Gasteiger charge is -1.99. The molecule has 0 amide bonds. The number of carbonyl (C=O) groups excluding carboxylic acids is 1.